The first-order valence-corrected chi connectivity index (χ1v) is 13.0. The summed E-state index contributed by atoms with van der Waals surface area (Å²) in [6.45, 7) is 0. The molecule has 2 N–H and O–H groups in total. The number of carbonyl (C=O) groups is 1. The number of anilines is 1. The first-order chi connectivity index (χ1) is 17.8. The van der Waals surface area contributed by atoms with Crippen molar-refractivity contribution in [1.29, 1.82) is 0 Å². The lowest BCUT2D eigenvalue weighted by molar-refractivity contribution is -0.138. The van der Waals surface area contributed by atoms with E-state index in [1.54, 1.807) is 24.3 Å². The second kappa shape index (κ2) is 10.5. The summed E-state index contributed by atoms with van der Waals surface area (Å²) in [6.07, 6.45) is -4.63. The summed E-state index contributed by atoms with van der Waals surface area (Å²) in [7, 11) is -1.71. The Morgan fingerprint density at radius 2 is 1.82 bits per heavy atom. The van der Waals surface area contributed by atoms with Crippen LogP contribution in [-0.2, 0) is 21.2 Å². The van der Waals surface area contributed by atoms with Gasteiger partial charge >= 0.3 is 6.18 Å². The Hall–Kier alpha value is -3.19. The van der Waals surface area contributed by atoms with Gasteiger partial charge < -0.3 is 10.1 Å². The normalized spacial score (nSPS) is 19.7. The van der Waals surface area contributed by atoms with Crippen LogP contribution in [0.3, 0.4) is 0 Å². The molecule has 1 fully saturated rings. The molecule has 1 aliphatic rings. The average molecular weight is 572 g/mol. The quantitative estimate of drug-likeness (QED) is 0.402. The van der Waals surface area contributed by atoms with Crippen molar-refractivity contribution >= 4 is 33.4 Å². The molecule has 1 amide bonds. The number of hydrogen-bond donors (Lipinski definition) is 2. The smallest absolute Gasteiger partial charge is 0.419 e. The molecule has 13 heteroatoms. The Morgan fingerprint density at radius 3 is 2.47 bits per heavy atom. The van der Waals surface area contributed by atoms with E-state index in [1.165, 1.54) is 31.3 Å². The number of carbonyl (C=O) groups excluding carboxylic acids is 1. The number of nitrogens with one attached hydrogen (secondary N) is 2. The fourth-order valence-electron chi connectivity index (χ4n) is 4.17. The summed E-state index contributed by atoms with van der Waals surface area (Å²) < 4.78 is 87.9. The maximum absolute atomic E-state index is 13.5. The zero-order chi connectivity index (χ0) is 27.8. The minimum Gasteiger partial charge on any atom is -0.496 e. The summed E-state index contributed by atoms with van der Waals surface area (Å²) in [4.78, 5) is 13.0. The van der Waals surface area contributed by atoms with Crippen molar-refractivity contribution in [3.63, 3.8) is 0 Å². The standard InChI is InChI=1S/C25H22ClF4N3O4S/c1-33-22(24(34)31-17-7-8-20(27)19(26)12-17)13-21(32-38(33,35)36)16-5-3-4-14(10-16)15-6-9-23(37-2)18(11-15)25(28,29)30/h3-12,21-22,32H,13H2,1-2H3,(H,31,34). The highest BCUT2D eigenvalue weighted by molar-refractivity contribution is 7.87. The highest BCUT2D eigenvalue weighted by atomic mass is 35.5. The van der Waals surface area contributed by atoms with E-state index in [-0.39, 0.29) is 28.4 Å². The maximum Gasteiger partial charge on any atom is 0.419 e. The molecule has 2 atom stereocenters. The molecule has 1 aliphatic heterocycles. The number of hydrogen-bond acceptors (Lipinski definition) is 4. The maximum atomic E-state index is 13.5. The van der Waals surface area contributed by atoms with Gasteiger partial charge in [0.1, 0.15) is 17.6 Å². The van der Waals surface area contributed by atoms with E-state index >= 15 is 0 Å². The molecule has 0 aromatic heterocycles. The molecule has 1 saturated heterocycles. The van der Waals surface area contributed by atoms with Gasteiger partial charge in [-0.3, -0.25) is 4.79 Å². The van der Waals surface area contributed by atoms with Crippen molar-refractivity contribution in [3.8, 4) is 16.9 Å². The minimum absolute atomic E-state index is 0.0103. The SMILES string of the molecule is COc1ccc(-c2cccc(C3CC(C(=O)Nc4ccc(F)c(Cl)c4)N(C)S(=O)(=O)N3)c2)cc1C(F)(F)F. The minimum atomic E-state index is -4.64. The molecule has 3 aromatic rings. The predicted octanol–water partition coefficient (Wildman–Crippen LogP) is 5.39. The lowest BCUT2D eigenvalue weighted by atomic mass is 9.95. The lowest BCUT2D eigenvalue weighted by Crippen LogP contribution is -2.55. The van der Waals surface area contributed by atoms with E-state index in [2.05, 4.69) is 10.0 Å². The second-order valence-corrected chi connectivity index (χ2v) is 10.8. The lowest BCUT2D eigenvalue weighted by Gasteiger charge is -2.36. The summed E-state index contributed by atoms with van der Waals surface area (Å²) in [5, 5.41) is 2.33. The van der Waals surface area contributed by atoms with Gasteiger partial charge in [-0.1, -0.05) is 35.9 Å². The highest BCUT2D eigenvalue weighted by Crippen LogP contribution is 2.39. The van der Waals surface area contributed by atoms with E-state index in [4.69, 9.17) is 16.3 Å². The predicted molar refractivity (Wildman–Crippen MR) is 134 cm³/mol. The molecule has 1 heterocycles. The third-order valence-corrected chi connectivity index (χ3v) is 8.07. The summed E-state index contributed by atoms with van der Waals surface area (Å²) in [5.41, 5.74) is 0.352. The van der Waals surface area contributed by atoms with E-state index in [9.17, 15) is 30.8 Å². The van der Waals surface area contributed by atoms with Crippen molar-refractivity contribution in [2.24, 2.45) is 0 Å². The van der Waals surface area contributed by atoms with Crippen LogP contribution in [0.15, 0.2) is 60.7 Å². The summed E-state index contributed by atoms with van der Waals surface area (Å²) in [5.74, 6) is -1.66. The average Bonchev–Trinajstić information content (AvgIpc) is 2.86. The molecule has 202 valence electrons. The van der Waals surface area contributed by atoms with Crippen LogP contribution in [0.2, 0.25) is 5.02 Å². The Morgan fingerprint density at radius 1 is 1.11 bits per heavy atom. The second-order valence-electron chi connectivity index (χ2n) is 8.60. The number of benzene rings is 3. The van der Waals surface area contributed by atoms with Gasteiger partial charge in [0.05, 0.1) is 17.7 Å². The topological polar surface area (TPSA) is 87.7 Å². The number of nitrogens with zero attached hydrogens (tertiary/aromatic N) is 1. The number of likely N-dealkylation sites (N-methyl/N-ethyl adjacent to an activating group) is 1. The number of rotatable bonds is 5. The molecule has 0 spiro atoms. The number of ether oxygens (including phenoxy) is 1. The van der Waals surface area contributed by atoms with Gasteiger partial charge in [-0.05, 0) is 59.5 Å². The Labute approximate surface area is 221 Å². The molecule has 3 aromatic carbocycles. The Kier molecular flexibility index (Phi) is 7.71. The van der Waals surface area contributed by atoms with Crippen LogP contribution in [0.5, 0.6) is 5.75 Å². The van der Waals surface area contributed by atoms with Crippen LogP contribution in [-0.4, -0.2) is 38.8 Å². The molecule has 0 bridgehead atoms. The number of amides is 1. The van der Waals surface area contributed by atoms with Crippen molar-refractivity contribution in [3.05, 3.63) is 82.6 Å². The van der Waals surface area contributed by atoms with Crippen molar-refractivity contribution in [1.82, 2.24) is 9.03 Å². The monoisotopic (exact) mass is 571 g/mol. The summed E-state index contributed by atoms with van der Waals surface area (Å²) in [6, 6.07) is 11.6. The number of halogens is 5. The van der Waals surface area contributed by atoms with E-state index < -0.39 is 45.8 Å². The molecule has 7 nitrogen and oxygen atoms in total. The molecule has 0 saturated carbocycles. The number of methoxy groups -OCH3 is 1. The van der Waals surface area contributed by atoms with Crippen molar-refractivity contribution in [2.75, 3.05) is 19.5 Å². The van der Waals surface area contributed by atoms with Crippen molar-refractivity contribution < 1.29 is 35.5 Å². The van der Waals surface area contributed by atoms with Gasteiger partial charge in [0, 0.05) is 18.8 Å². The molecular formula is C25H22ClF4N3O4S. The Bertz CT molecular complexity index is 1480. The molecule has 2 unspecified atom stereocenters. The van der Waals surface area contributed by atoms with Gasteiger partial charge in [-0.25, -0.2) is 4.39 Å². The zero-order valence-electron chi connectivity index (χ0n) is 20.0. The summed E-state index contributed by atoms with van der Waals surface area (Å²) >= 11 is 5.77. The first-order valence-electron chi connectivity index (χ1n) is 11.2. The third kappa shape index (κ3) is 5.78. The largest absolute Gasteiger partial charge is 0.496 e. The van der Waals surface area contributed by atoms with Gasteiger partial charge in [-0.2, -0.15) is 30.6 Å². The Balaban J connectivity index is 1.63. The fourth-order valence-corrected chi connectivity index (χ4v) is 5.63. The van der Waals surface area contributed by atoms with Gasteiger partial charge in [-0.15, -0.1) is 0 Å². The van der Waals surface area contributed by atoms with Crippen LogP contribution in [0.25, 0.3) is 11.1 Å². The van der Waals surface area contributed by atoms with Gasteiger partial charge in [0.25, 0.3) is 10.2 Å². The van der Waals surface area contributed by atoms with E-state index in [1.807, 2.05) is 0 Å². The van der Waals surface area contributed by atoms with E-state index in [0.717, 1.165) is 23.5 Å². The van der Waals surface area contributed by atoms with Crippen LogP contribution >= 0.6 is 11.6 Å². The van der Waals surface area contributed by atoms with Gasteiger partial charge in [0.15, 0.2) is 0 Å². The van der Waals surface area contributed by atoms with E-state index in [0.29, 0.717) is 11.1 Å². The molecule has 38 heavy (non-hydrogen) atoms. The molecular weight excluding hydrogens is 550 g/mol. The van der Waals surface area contributed by atoms with Crippen LogP contribution in [0, 0.1) is 5.82 Å². The van der Waals surface area contributed by atoms with Crippen LogP contribution < -0.4 is 14.8 Å². The molecule has 4 rings (SSSR count). The molecule has 0 radical (unpaired) electrons. The number of alkyl halides is 3. The van der Waals surface area contributed by atoms with Gasteiger partial charge in [0.2, 0.25) is 5.91 Å². The van der Waals surface area contributed by atoms with Crippen LogP contribution in [0.1, 0.15) is 23.6 Å². The highest BCUT2D eigenvalue weighted by Gasteiger charge is 2.41. The first kappa shape index (κ1) is 27.8. The van der Waals surface area contributed by atoms with Crippen molar-refractivity contribution in [2.45, 2.75) is 24.7 Å². The molecule has 0 aliphatic carbocycles. The fraction of sp³-hybridized carbons (Fsp3) is 0.240. The third-order valence-electron chi connectivity index (χ3n) is 6.19. The zero-order valence-corrected chi connectivity index (χ0v) is 21.6. The van der Waals surface area contributed by atoms with Crippen LogP contribution in [0.4, 0.5) is 23.2 Å².